The van der Waals surface area contributed by atoms with Crippen molar-refractivity contribution in [3.8, 4) is 0 Å². The highest BCUT2D eigenvalue weighted by molar-refractivity contribution is 7.99. The van der Waals surface area contributed by atoms with Crippen molar-refractivity contribution in [2.45, 2.75) is 18.1 Å². The molecule has 2 rings (SSSR count). The molecule has 0 saturated carbocycles. The van der Waals surface area contributed by atoms with Gasteiger partial charge in [-0.2, -0.15) is 0 Å². The molecule has 106 valence electrons. The number of hydrogen-bond acceptors (Lipinski definition) is 3. The summed E-state index contributed by atoms with van der Waals surface area (Å²) in [6.07, 6.45) is 3.58. The molecular formula is C14H16ClN3OS. The number of imidazole rings is 1. The molecular weight excluding hydrogens is 294 g/mol. The van der Waals surface area contributed by atoms with Gasteiger partial charge in [0.05, 0.1) is 11.8 Å². The van der Waals surface area contributed by atoms with Crippen molar-refractivity contribution in [2.75, 3.05) is 5.75 Å². The van der Waals surface area contributed by atoms with Crippen molar-refractivity contribution < 1.29 is 4.79 Å². The van der Waals surface area contributed by atoms with E-state index in [1.165, 1.54) is 11.8 Å². The largest absolute Gasteiger partial charge is 0.349 e. The molecule has 1 amide bonds. The first kappa shape index (κ1) is 14.9. The smallest absolute Gasteiger partial charge is 0.230 e. The van der Waals surface area contributed by atoms with Crippen molar-refractivity contribution in [1.29, 1.82) is 0 Å². The lowest BCUT2D eigenvalue weighted by atomic mass is 10.1. The van der Waals surface area contributed by atoms with E-state index < -0.39 is 0 Å². The topological polar surface area (TPSA) is 46.9 Å². The average molecular weight is 310 g/mol. The molecule has 0 fully saturated rings. The minimum atomic E-state index is -0.0401. The molecule has 0 aliphatic heterocycles. The Morgan fingerprint density at radius 2 is 2.15 bits per heavy atom. The minimum Gasteiger partial charge on any atom is -0.349 e. The second-order valence-electron chi connectivity index (χ2n) is 4.45. The van der Waals surface area contributed by atoms with Crippen LogP contribution in [0.2, 0.25) is 5.02 Å². The molecule has 0 aliphatic rings. The zero-order valence-electron chi connectivity index (χ0n) is 11.3. The molecule has 1 atom stereocenters. The Bertz CT molecular complexity index is 582. The monoisotopic (exact) mass is 309 g/mol. The highest BCUT2D eigenvalue weighted by Gasteiger charge is 2.11. The second-order valence-corrected chi connectivity index (χ2v) is 5.83. The van der Waals surface area contributed by atoms with Gasteiger partial charge < -0.3 is 9.88 Å². The third-order valence-electron chi connectivity index (χ3n) is 2.86. The maximum Gasteiger partial charge on any atom is 0.230 e. The number of amides is 1. The number of nitrogens with one attached hydrogen (secondary N) is 1. The Morgan fingerprint density at radius 1 is 1.45 bits per heavy atom. The SMILES string of the molecule is CC(NC(=O)CSc1nccn1C)c1ccc(Cl)cc1. The predicted octanol–water partition coefficient (Wildman–Crippen LogP) is 3.04. The number of thioether (sulfide) groups is 1. The number of benzene rings is 1. The quantitative estimate of drug-likeness (QED) is 0.864. The van der Waals surface area contributed by atoms with Gasteiger partial charge in [-0.3, -0.25) is 4.79 Å². The van der Waals surface area contributed by atoms with E-state index in [0.29, 0.717) is 10.8 Å². The summed E-state index contributed by atoms with van der Waals surface area (Å²) in [5.41, 5.74) is 1.03. The van der Waals surface area contributed by atoms with Gasteiger partial charge in [0.15, 0.2) is 5.16 Å². The Morgan fingerprint density at radius 3 is 2.75 bits per heavy atom. The van der Waals surface area contributed by atoms with Crippen molar-refractivity contribution in [3.05, 3.63) is 47.2 Å². The van der Waals surface area contributed by atoms with Crippen LogP contribution in [0.25, 0.3) is 0 Å². The summed E-state index contributed by atoms with van der Waals surface area (Å²) < 4.78 is 1.89. The van der Waals surface area contributed by atoms with Gasteiger partial charge in [-0.1, -0.05) is 35.5 Å². The van der Waals surface area contributed by atoms with Gasteiger partial charge in [-0.15, -0.1) is 0 Å². The van der Waals surface area contributed by atoms with E-state index in [9.17, 15) is 4.79 Å². The van der Waals surface area contributed by atoms with Crippen LogP contribution in [0.15, 0.2) is 41.8 Å². The van der Waals surface area contributed by atoms with Crippen molar-refractivity contribution in [2.24, 2.45) is 7.05 Å². The Labute approximate surface area is 127 Å². The fraction of sp³-hybridized carbons (Fsp3) is 0.286. The van der Waals surface area contributed by atoms with Crippen molar-refractivity contribution >= 4 is 29.3 Å². The number of rotatable bonds is 5. The number of nitrogens with zero attached hydrogens (tertiary/aromatic N) is 2. The summed E-state index contributed by atoms with van der Waals surface area (Å²) >= 11 is 7.26. The molecule has 1 N–H and O–H groups in total. The fourth-order valence-corrected chi connectivity index (χ4v) is 2.61. The van der Waals surface area contributed by atoms with Crippen LogP contribution in [0.3, 0.4) is 0 Å². The van der Waals surface area contributed by atoms with Crippen LogP contribution in [0.5, 0.6) is 0 Å². The zero-order valence-corrected chi connectivity index (χ0v) is 12.9. The molecule has 4 nitrogen and oxygen atoms in total. The van der Waals surface area contributed by atoms with Gasteiger partial charge in [0.1, 0.15) is 0 Å². The van der Waals surface area contributed by atoms with Crippen LogP contribution in [-0.2, 0) is 11.8 Å². The molecule has 0 radical (unpaired) electrons. The predicted molar refractivity (Wildman–Crippen MR) is 81.9 cm³/mol. The first-order valence-corrected chi connectivity index (χ1v) is 7.57. The van der Waals surface area contributed by atoms with Gasteiger partial charge in [-0.25, -0.2) is 4.98 Å². The fourth-order valence-electron chi connectivity index (χ4n) is 1.74. The van der Waals surface area contributed by atoms with Crippen LogP contribution in [0, 0.1) is 0 Å². The lowest BCUT2D eigenvalue weighted by Crippen LogP contribution is -2.28. The highest BCUT2D eigenvalue weighted by Crippen LogP contribution is 2.17. The van der Waals surface area contributed by atoms with E-state index in [1.807, 2.05) is 49.0 Å². The Kier molecular flexibility index (Phi) is 5.09. The van der Waals surface area contributed by atoms with E-state index in [0.717, 1.165) is 10.7 Å². The minimum absolute atomic E-state index is 0.0135. The molecule has 0 spiro atoms. The van der Waals surface area contributed by atoms with Gasteiger partial charge in [0, 0.05) is 24.5 Å². The van der Waals surface area contributed by atoms with Crippen LogP contribution >= 0.6 is 23.4 Å². The summed E-state index contributed by atoms with van der Waals surface area (Å²) in [6, 6.07) is 7.43. The molecule has 1 unspecified atom stereocenters. The molecule has 6 heteroatoms. The van der Waals surface area contributed by atoms with Crippen LogP contribution < -0.4 is 5.32 Å². The van der Waals surface area contributed by atoms with Gasteiger partial charge in [0.25, 0.3) is 0 Å². The zero-order chi connectivity index (χ0) is 14.5. The standard InChI is InChI=1S/C14H16ClN3OS/c1-10(11-3-5-12(15)6-4-11)17-13(19)9-20-14-16-7-8-18(14)2/h3-8,10H,9H2,1-2H3,(H,17,19). The maximum atomic E-state index is 11.9. The molecule has 0 aliphatic carbocycles. The van der Waals surface area contributed by atoms with Crippen LogP contribution in [0.4, 0.5) is 0 Å². The van der Waals surface area contributed by atoms with Crippen molar-refractivity contribution in [1.82, 2.24) is 14.9 Å². The highest BCUT2D eigenvalue weighted by atomic mass is 35.5. The van der Waals surface area contributed by atoms with E-state index in [-0.39, 0.29) is 11.9 Å². The lowest BCUT2D eigenvalue weighted by Gasteiger charge is -2.14. The average Bonchev–Trinajstić information content (AvgIpc) is 2.82. The first-order valence-electron chi connectivity index (χ1n) is 6.21. The third kappa shape index (κ3) is 4.02. The molecule has 1 aromatic heterocycles. The molecule has 1 aromatic carbocycles. The summed E-state index contributed by atoms with van der Waals surface area (Å²) in [6.45, 7) is 1.95. The molecule has 20 heavy (non-hydrogen) atoms. The number of carbonyl (C=O) groups is 1. The van der Waals surface area contributed by atoms with E-state index >= 15 is 0 Å². The molecule has 1 heterocycles. The number of aryl methyl sites for hydroxylation is 1. The molecule has 0 bridgehead atoms. The number of aromatic nitrogens is 2. The summed E-state index contributed by atoms with van der Waals surface area (Å²) in [4.78, 5) is 16.1. The molecule has 2 aromatic rings. The maximum absolute atomic E-state index is 11.9. The van der Waals surface area contributed by atoms with E-state index in [1.54, 1.807) is 6.20 Å². The van der Waals surface area contributed by atoms with E-state index in [4.69, 9.17) is 11.6 Å². The van der Waals surface area contributed by atoms with Gasteiger partial charge in [0.2, 0.25) is 5.91 Å². The van der Waals surface area contributed by atoms with Gasteiger partial charge in [-0.05, 0) is 24.6 Å². The van der Waals surface area contributed by atoms with Crippen molar-refractivity contribution in [3.63, 3.8) is 0 Å². The van der Waals surface area contributed by atoms with Crippen LogP contribution in [0.1, 0.15) is 18.5 Å². The number of carbonyl (C=O) groups excluding carboxylic acids is 1. The molecule has 0 saturated heterocycles. The summed E-state index contributed by atoms with van der Waals surface area (Å²) in [5.74, 6) is 0.337. The van der Waals surface area contributed by atoms with Crippen LogP contribution in [-0.4, -0.2) is 21.2 Å². The normalized spacial score (nSPS) is 12.2. The summed E-state index contributed by atoms with van der Waals surface area (Å²) in [7, 11) is 1.91. The summed E-state index contributed by atoms with van der Waals surface area (Å²) in [5, 5.41) is 4.48. The van der Waals surface area contributed by atoms with Gasteiger partial charge >= 0.3 is 0 Å². The first-order chi connectivity index (χ1) is 9.56. The Balaban J connectivity index is 1.85. The second kappa shape index (κ2) is 6.81. The number of halogens is 1. The lowest BCUT2D eigenvalue weighted by molar-refractivity contribution is -0.119. The third-order valence-corrected chi connectivity index (χ3v) is 4.17. The van der Waals surface area contributed by atoms with E-state index in [2.05, 4.69) is 10.3 Å². The number of hydrogen-bond donors (Lipinski definition) is 1. The Hall–Kier alpha value is -1.46.